The largest absolute Gasteiger partial charge is 0.388 e. The molecule has 0 saturated carbocycles. The van der Waals surface area contributed by atoms with Crippen molar-refractivity contribution in [3.63, 3.8) is 0 Å². The van der Waals surface area contributed by atoms with Crippen molar-refractivity contribution < 1.29 is 9.90 Å². The minimum Gasteiger partial charge on any atom is -0.388 e. The third-order valence-corrected chi connectivity index (χ3v) is 3.74. The van der Waals surface area contributed by atoms with Gasteiger partial charge in [-0.3, -0.25) is 0 Å². The van der Waals surface area contributed by atoms with E-state index in [1.165, 1.54) is 0 Å². The van der Waals surface area contributed by atoms with Gasteiger partial charge in [-0.1, -0.05) is 48.5 Å². The molecule has 2 atom stereocenters. The molecule has 0 aliphatic rings. The molecule has 0 spiro atoms. The second kappa shape index (κ2) is 9.05. The second-order valence-electron chi connectivity index (χ2n) is 6.08. The van der Waals surface area contributed by atoms with Gasteiger partial charge in [-0.25, -0.2) is 4.79 Å². The topological polar surface area (TPSA) is 64.6 Å². The molecule has 0 saturated heterocycles. The first-order chi connectivity index (χ1) is 11.6. The number of anilines is 1. The van der Waals surface area contributed by atoms with Crippen molar-refractivity contribution >= 4 is 11.7 Å². The van der Waals surface area contributed by atoms with E-state index in [1.54, 1.807) is 0 Å². The lowest BCUT2D eigenvalue weighted by atomic mass is 9.95. The number of benzene rings is 2. The molecule has 128 valence electrons. The SMILES string of the molecule is CN(C)CC(CNC(=O)Nc1ccccc1)C(O)c1ccccc1. The fourth-order valence-corrected chi connectivity index (χ4v) is 2.59. The summed E-state index contributed by atoms with van der Waals surface area (Å²) in [4.78, 5) is 14.1. The predicted octanol–water partition coefficient (Wildman–Crippen LogP) is 2.72. The Morgan fingerprint density at radius 1 is 1.04 bits per heavy atom. The van der Waals surface area contributed by atoms with Crippen molar-refractivity contribution in [1.82, 2.24) is 10.2 Å². The van der Waals surface area contributed by atoms with Gasteiger partial charge in [0.2, 0.25) is 0 Å². The van der Waals surface area contributed by atoms with E-state index in [9.17, 15) is 9.90 Å². The summed E-state index contributed by atoms with van der Waals surface area (Å²) < 4.78 is 0. The van der Waals surface area contributed by atoms with Crippen molar-refractivity contribution in [1.29, 1.82) is 0 Å². The summed E-state index contributed by atoms with van der Waals surface area (Å²) >= 11 is 0. The molecule has 5 heteroatoms. The van der Waals surface area contributed by atoms with Crippen LogP contribution in [0.1, 0.15) is 11.7 Å². The van der Waals surface area contributed by atoms with Gasteiger partial charge in [-0.2, -0.15) is 0 Å². The number of rotatable bonds is 7. The fourth-order valence-electron chi connectivity index (χ4n) is 2.59. The minimum absolute atomic E-state index is 0.107. The molecule has 2 aromatic carbocycles. The van der Waals surface area contributed by atoms with Gasteiger partial charge in [-0.05, 0) is 31.8 Å². The van der Waals surface area contributed by atoms with E-state index in [2.05, 4.69) is 10.6 Å². The molecule has 0 bridgehead atoms. The molecule has 2 unspecified atom stereocenters. The maximum atomic E-state index is 12.0. The molecule has 5 nitrogen and oxygen atoms in total. The van der Waals surface area contributed by atoms with Gasteiger partial charge < -0.3 is 20.6 Å². The summed E-state index contributed by atoms with van der Waals surface area (Å²) in [6.07, 6.45) is -0.634. The number of hydrogen-bond acceptors (Lipinski definition) is 3. The van der Waals surface area contributed by atoms with E-state index in [4.69, 9.17) is 0 Å². The molecular formula is C19H25N3O2. The highest BCUT2D eigenvalue weighted by atomic mass is 16.3. The molecular weight excluding hydrogens is 302 g/mol. The summed E-state index contributed by atoms with van der Waals surface area (Å²) in [6, 6.07) is 18.5. The quantitative estimate of drug-likeness (QED) is 0.733. The molecule has 2 rings (SSSR count). The minimum atomic E-state index is -0.634. The van der Waals surface area contributed by atoms with Crippen LogP contribution in [-0.2, 0) is 0 Å². The Kier molecular flexibility index (Phi) is 6.78. The number of nitrogens with one attached hydrogen (secondary N) is 2. The number of carbonyl (C=O) groups is 1. The van der Waals surface area contributed by atoms with Crippen LogP contribution in [0.2, 0.25) is 0 Å². The first kappa shape index (κ1) is 18.0. The zero-order chi connectivity index (χ0) is 17.4. The molecule has 0 radical (unpaired) electrons. The fraction of sp³-hybridized carbons (Fsp3) is 0.316. The molecule has 0 aromatic heterocycles. The summed E-state index contributed by atoms with van der Waals surface area (Å²) in [5.74, 6) is -0.107. The maximum absolute atomic E-state index is 12.0. The van der Waals surface area contributed by atoms with Gasteiger partial charge in [0.1, 0.15) is 0 Å². The van der Waals surface area contributed by atoms with Crippen LogP contribution in [0.5, 0.6) is 0 Å². The van der Waals surface area contributed by atoms with Crippen LogP contribution in [0.4, 0.5) is 10.5 Å². The third kappa shape index (κ3) is 5.68. The van der Waals surface area contributed by atoms with Crippen LogP contribution in [-0.4, -0.2) is 43.2 Å². The van der Waals surface area contributed by atoms with Gasteiger partial charge in [0.05, 0.1) is 6.10 Å². The Bertz CT molecular complexity index is 617. The number of para-hydroxylation sites is 1. The molecule has 0 heterocycles. The molecule has 24 heavy (non-hydrogen) atoms. The first-order valence-electron chi connectivity index (χ1n) is 8.04. The van der Waals surface area contributed by atoms with Gasteiger partial charge in [-0.15, -0.1) is 0 Å². The van der Waals surface area contributed by atoms with Crippen molar-refractivity contribution in [2.45, 2.75) is 6.10 Å². The number of nitrogens with zero attached hydrogens (tertiary/aromatic N) is 1. The number of aliphatic hydroxyl groups is 1. The second-order valence-corrected chi connectivity index (χ2v) is 6.08. The number of aliphatic hydroxyl groups excluding tert-OH is 1. The van der Waals surface area contributed by atoms with Crippen molar-refractivity contribution in [2.24, 2.45) is 5.92 Å². The zero-order valence-corrected chi connectivity index (χ0v) is 14.1. The van der Waals surface area contributed by atoms with Crippen LogP contribution in [0.25, 0.3) is 0 Å². The summed E-state index contributed by atoms with van der Waals surface area (Å²) in [5.41, 5.74) is 1.59. The van der Waals surface area contributed by atoms with Gasteiger partial charge in [0.15, 0.2) is 0 Å². The average Bonchev–Trinajstić information content (AvgIpc) is 2.59. The van der Waals surface area contributed by atoms with Crippen molar-refractivity contribution in [3.05, 3.63) is 66.2 Å². The van der Waals surface area contributed by atoms with E-state index in [-0.39, 0.29) is 11.9 Å². The number of carbonyl (C=O) groups excluding carboxylic acids is 1. The summed E-state index contributed by atoms with van der Waals surface area (Å²) in [7, 11) is 3.91. The van der Waals surface area contributed by atoms with Crippen LogP contribution in [0.15, 0.2) is 60.7 Å². The number of urea groups is 1. The standard InChI is InChI=1S/C19H25N3O2/c1-22(2)14-16(18(23)15-9-5-3-6-10-15)13-20-19(24)21-17-11-7-4-8-12-17/h3-12,16,18,23H,13-14H2,1-2H3,(H2,20,21,24). The van der Waals surface area contributed by atoms with Gasteiger partial charge in [0.25, 0.3) is 0 Å². The Morgan fingerprint density at radius 2 is 1.62 bits per heavy atom. The van der Waals surface area contributed by atoms with E-state index in [1.807, 2.05) is 79.7 Å². The van der Waals surface area contributed by atoms with Crippen molar-refractivity contribution in [2.75, 3.05) is 32.5 Å². The Labute approximate surface area is 143 Å². The third-order valence-electron chi connectivity index (χ3n) is 3.74. The van der Waals surface area contributed by atoms with Crippen LogP contribution < -0.4 is 10.6 Å². The maximum Gasteiger partial charge on any atom is 0.319 e. The lowest BCUT2D eigenvalue weighted by molar-refractivity contribution is 0.0911. The molecule has 2 amide bonds. The first-order valence-corrected chi connectivity index (χ1v) is 8.04. The van der Waals surface area contributed by atoms with E-state index in [0.29, 0.717) is 13.1 Å². The molecule has 0 aliphatic heterocycles. The summed E-state index contributed by atoms with van der Waals surface area (Å²) in [6.45, 7) is 1.05. The number of hydrogen-bond donors (Lipinski definition) is 3. The predicted molar refractivity (Wildman–Crippen MR) is 96.9 cm³/mol. The normalized spacial score (nSPS) is 13.3. The van der Waals surface area contributed by atoms with Crippen LogP contribution in [0.3, 0.4) is 0 Å². The lowest BCUT2D eigenvalue weighted by Crippen LogP contribution is -2.39. The Balaban J connectivity index is 1.94. The van der Waals surface area contributed by atoms with Crippen molar-refractivity contribution in [3.8, 4) is 0 Å². The molecule has 0 fully saturated rings. The van der Waals surface area contributed by atoms with E-state index in [0.717, 1.165) is 11.3 Å². The number of amides is 2. The Hall–Kier alpha value is -2.37. The molecule has 0 aliphatic carbocycles. The van der Waals surface area contributed by atoms with Crippen LogP contribution in [0, 0.1) is 5.92 Å². The van der Waals surface area contributed by atoms with Gasteiger partial charge in [0, 0.05) is 24.7 Å². The van der Waals surface area contributed by atoms with E-state index < -0.39 is 6.10 Å². The Morgan fingerprint density at radius 3 is 2.21 bits per heavy atom. The summed E-state index contributed by atoms with van der Waals surface area (Å²) in [5, 5.41) is 16.3. The average molecular weight is 327 g/mol. The molecule has 3 N–H and O–H groups in total. The smallest absolute Gasteiger partial charge is 0.319 e. The highest BCUT2D eigenvalue weighted by Gasteiger charge is 2.22. The zero-order valence-electron chi connectivity index (χ0n) is 14.1. The van der Waals surface area contributed by atoms with Gasteiger partial charge >= 0.3 is 6.03 Å². The van der Waals surface area contributed by atoms with E-state index >= 15 is 0 Å². The monoisotopic (exact) mass is 327 g/mol. The highest BCUT2D eigenvalue weighted by Crippen LogP contribution is 2.22. The van der Waals surface area contributed by atoms with Crippen LogP contribution >= 0.6 is 0 Å². The molecule has 2 aromatic rings. The lowest BCUT2D eigenvalue weighted by Gasteiger charge is -2.26. The highest BCUT2D eigenvalue weighted by molar-refractivity contribution is 5.89.